The fraction of sp³-hybridized carbons (Fsp3) is 0.400. The second-order valence-electron chi connectivity index (χ2n) is 2.94. The van der Waals surface area contributed by atoms with Gasteiger partial charge in [0.15, 0.2) is 0 Å². The molecular weight excluding hydrogens is 223 g/mol. The third kappa shape index (κ3) is 5.13. The van der Waals surface area contributed by atoms with Crippen molar-refractivity contribution in [2.24, 2.45) is 0 Å². The topological polar surface area (TPSA) is 43.4 Å². The number of hydrogen-bond donors (Lipinski definition) is 0. The summed E-state index contributed by atoms with van der Waals surface area (Å²) in [6.45, 7) is 2.24. The van der Waals surface area contributed by atoms with Gasteiger partial charge in [-0.3, -0.25) is 4.18 Å². The average molecular weight is 237 g/mol. The summed E-state index contributed by atoms with van der Waals surface area (Å²) in [6, 6.07) is 8.18. The summed E-state index contributed by atoms with van der Waals surface area (Å²) in [5, 5.41) is 0. The molecule has 0 aromatic heterocycles. The Morgan fingerprint density at radius 1 is 1.20 bits per heavy atom. The molecule has 0 fully saturated rings. The summed E-state index contributed by atoms with van der Waals surface area (Å²) in [5.74, 6) is 0. The summed E-state index contributed by atoms with van der Waals surface area (Å²) < 4.78 is 27.8. The summed E-state index contributed by atoms with van der Waals surface area (Å²) in [5.41, 5.74) is 0. The van der Waals surface area contributed by atoms with Gasteiger partial charge in [-0.05, 0) is 18.6 Å². The van der Waals surface area contributed by atoms with Crippen molar-refractivity contribution in [3.8, 4) is 0 Å². The zero-order chi connectivity index (χ0) is 10.4. The minimum absolute atomic E-state index is 0. The van der Waals surface area contributed by atoms with Crippen LogP contribution in [0.1, 0.15) is 19.8 Å². The number of unbranched alkanes of at least 4 members (excludes halogenated alkanes) is 1. The second-order valence-corrected chi connectivity index (χ2v) is 4.56. The summed E-state index contributed by atoms with van der Waals surface area (Å²) in [4.78, 5) is 0.219. The van der Waals surface area contributed by atoms with Gasteiger partial charge in [0.2, 0.25) is 0 Å². The normalized spacial score (nSPS) is 10.7. The van der Waals surface area contributed by atoms with Gasteiger partial charge in [0.1, 0.15) is 0 Å². The van der Waals surface area contributed by atoms with Crippen LogP contribution in [0, 0.1) is 0 Å². The Hall–Kier alpha value is 0.130. The fourth-order valence-corrected chi connectivity index (χ4v) is 1.93. The third-order valence-corrected chi connectivity index (χ3v) is 3.09. The SMILES string of the molecule is CCCCOS(=O)(=O)c1ccccc1.[Na]. The predicted octanol–water partition coefficient (Wildman–Crippen LogP) is 1.81. The maximum atomic E-state index is 11.5. The predicted molar refractivity (Wildman–Crippen MR) is 60.2 cm³/mol. The van der Waals surface area contributed by atoms with Gasteiger partial charge in [-0.1, -0.05) is 31.5 Å². The molecule has 0 N–H and O–H groups in total. The van der Waals surface area contributed by atoms with E-state index in [9.17, 15) is 8.42 Å². The van der Waals surface area contributed by atoms with E-state index in [0.29, 0.717) is 0 Å². The van der Waals surface area contributed by atoms with E-state index in [1.54, 1.807) is 18.2 Å². The summed E-state index contributed by atoms with van der Waals surface area (Å²) in [6.07, 6.45) is 1.68. The molecular formula is C10H14NaO3S. The van der Waals surface area contributed by atoms with Crippen LogP contribution in [0.15, 0.2) is 35.2 Å². The molecule has 0 atom stereocenters. The minimum Gasteiger partial charge on any atom is -0.266 e. The zero-order valence-corrected chi connectivity index (χ0v) is 12.0. The molecule has 0 aliphatic rings. The van der Waals surface area contributed by atoms with E-state index in [-0.39, 0.29) is 41.1 Å². The van der Waals surface area contributed by atoms with Crippen LogP contribution in [0.3, 0.4) is 0 Å². The monoisotopic (exact) mass is 237 g/mol. The summed E-state index contributed by atoms with van der Waals surface area (Å²) in [7, 11) is -3.53. The first-order chi connectivity index (χ1) is 6.67. The molecule has 1 rings (SSSR count). The molecule has 1 radical (unpaired) electrons. The molecule has 0 spiro atoms. The van der Waals surface area contributed by atoms with E-state index in [1.807, 2.05) is 6.92 Å². The quantitative estimate of drug-likeness (QED) is 0.445. The fourth-order valence-electron chi connectivity index (χ4n) is 0.968. The van der Waals surface area contributed by atoms with E-state index in [4.69, 9.17) is 4.18 Å². The Morgan fingerprint density at radius 3 is 2.33 bits per heavy atom. The number of rotatable bonds is 5. The molecule has 0 aliphatic heterocycles. The van der Waals surface area contributed by atoms with E-state index in [0.717, 1.165) is 12.8 Å². The molecule has 5 heteroatoms. The Bertz CT molecular complexity index is 362. The van der Waals surface area contributed by atoms with Gasteiger partial charge in [-0.15, -0.1) is 0 Å². The van der Waals surface area contributed by atoms with Gasteiger partial charge in [0, 0.05) is 29.6 Å². The number of benzene rings is 1. The molecule has 0 saturated carbocycles. The van der Waals surface area contributed by atoms with Crippen molar-refractivity contribution in [2.75, 3.05) is 6.61 Å². The molecule has 0 bridgehead atoms. The largest absolute Gasteiger partial charge is 0.296 e. The van der Waals surface area contributed by atoms with Crippen LogP contribution in [0.4, 0.5) is 0 Å². The Morgan fingerprint density at radius 2 is 1.80 bits per heavy atom. The van der Waals surface area contributed by atoms with Gasteiger partial charge in [0.05, 0.1) is 11.5 Å². The van der Waals surface area contributed by atoms with Crippen LogP contribution in [0.2, 0.25) is 0 Å². The van der Waals surface area contributed by atoms with Crippen molar-refractivity contribution in [1.82, 2.24) is 0 Å². The number of hydrogen-bond acceptors (Lipinski definition) is 3. The Labute approximate surface area is 113 Å². The first kappa shape index (κ1) is 15.1. The Balaban J connectivity index is 0.00000196. The van der Waals surface area contributed by atoms with Gasteiger partial charge in [0.25, 0.3) is 10.1 Å². The standard InChI is InChI=1S/C10H14O3S.Na/c1-2-3-9-13-14(11,12)10-7-5-4-6-8-10;/h4-8H,2-3,9H2,1H3;. The first-order valence-corrected chi connectivity index (χ1v) is 6.02. The van der Waals surface area contributed by atoms with Gasteiger partial charge in [-0.25, -0.2) is 0 Å². The van der Waals surface area contributed by atoms with Crippen molar-refractivity contribution in [1.29, 1.82) is 0 Å². The Kier molecular flexibility index (Phi) is 7.48. The van der Waals surface area contributed by atoms with Crippen molar-refractivity contribution in [3.63, 3.8) is 0 Å². The molecule has 1 aromatic carbocycles. The van der Waals surface area contributed by atoms with E-state index >= 15 is 0 Å². The molecule has 0 amide bonds. The molecule has 1 aromatic rings. The van der Waals surface area contributed by atoms with Crippen molar-refractivity contribution in [3.05, 3.63) is 30.3 Å². The zero-order valence-electron chi connectivity index (χ0n) is 9.14. The van der Waals surface area contributed by atoms with Crippen LogP contribution >= 0.6 is 0 Å². The average Bonchev–Trinajstić information content (AvgIpc) is 2.19. The second kappa shape index (κ2) is 7.41. The van der Waals surface area contributed by atoms with Crippen molar-refractivity contribution < 1.29 is 12.6 Å². The van der Waals surface area contributed by atoms with E-state index < -0.39 is 10.1 Å². The van der Waals surface area contributed by atoms with Crippen LogP contribution < -0.4 is 0 Å². The smallest absolute Gasteiger partial charge is 0.266 e. The van der Waals surface area contributed by atoms with Crippen LogP contribution in [-0.4, -0.2) is 44.6 Å². The molecule has 79 valence electrons. The summed E-state index contributed by atoms with van der Waals surface area (Å²) >= 11 is 0. The van der Waals surface area contributed by atoms with E-state index in [1.165, 1.54) is 12.1 Å². The first-order valence-electron chi connectivity index (χ1n) is 4.61. The molecule has 0 unspecified atom stereocenters. The van der Waals surface area contributed by atoms with Gasteiger partial charge < -0.3 is 0 Å². The maximum Gasteiger partial charge on any atom is 0.296 e. The molecule has 0 heterocycles. The van der Waals surface area contributed by atoms with Crippen LogP contribution in [-0.2, 0) is 14.3 Å². The third-order valence-electron chi connectivity index (χ3n) is 1.77. The van der Waals surface area contributed by atoms with Crippen LogP contribution in [0.5, 0.6) is 0 Å². The molecule has 15 heavy (non-hydrogen) atoms. The van der Waals surface area contributed by atoms with Crippen molar-refractivity contribution in [2.45, 2.75) is 24.7 Å². The van der Waals surface area contributed by atoms with Gasteiger partial charge in [-0.2, -0.15) is 8.42 Å². The van der Waals surface area contributed by atoms with Crippen molar-refractivity contribution >= 4 is 39.7 Å². The maximum absolute atomic E-state index is 11.5. The van der Waals surface area contributed by atoms with Gasteiger partial charge >= 0.3 is 0 Å². The van der Waals surface area contributed by atoms with E-state index in [2.05, 4.69) is 0 Å². The molecule has 0 aliphatic carbocycles. The minimum atomic E-state index is -3.53. The molecule has 3 nitrogen and oxygen atoms in total. The van der Waals surface area contributed by atoms with Crippen LogP contribution in [0.25, 0.3) is 0 Å². The molecule has 0 saturated heterocycles.